The van der Waals surface area contributed by atoms with Crippen molar-refractivity contribution in [3.8, 4) is 0 Å². The summed E-state index contributed by atoms with van der Waals surface area (Å²) in [5, 5.41) is 2.67. The number of benzene rings is 1. The summed E-state index contributed by atoms with van der Waals surface area (Å²) in [7, 11) is 1.31. The average molecular weight is 484 g/mol. The van der Waals surface area contributed by atoms with Crippen molar-refractivity contribution >= 4 is 44.9 Å². The van der Waals surface area contributed by atoms with Crippen molar-refractivity contribution in [3.63, 3.8) is 0 Å². The van der Waals surface area contributed by atoms with Gasteiger partial charge in [-0.25, -0.2) is 13.6 Å². The molecule has 0 aliphatic heterocycles. The second-order valence-corrected chi connectivity index (χ2v) is 9.15. The lowest BCUT2D eigenvalue weighted by Gasteiger charge is -2.18. The Morgan fingerprint density at radius 3 is 2.59 bits per heavy atom. The fourth-order valence-electron chi connectivity index (χ4n) is 2.40. The van der Waals surface area contributed by atoms with E-state index in [-0.39, 0.29) is 23.6 Å². The molecule has 1 heterocycles. The molecule has 0 saturated heterocycles. The summed E-state index contributed by atoms with van der Waals surface area (Å²) in [6, 6.07) is 7.99. The zero-order chi connectivity index (χ0) is 21.8. The average Bonchev–Trinajstić information content (AvgIpc) is 2.64. The Balaban J connectivity index is 2.00. The van der Waals surface area contributed by atoms with Crippen molar-refractivity contribution in [2.45, 2.75) is 32.7 Å². The van der Waals surface area contributed by atoms with Crippen molar-refractivity contribution in [1.82, 2.24) is 10.3 Å². The lowest BCUT2D eigenvalue weighted by molar-refractivity contribution is -0.116. The van der Waals surface area contributed by atoms with E-state index in [1.165, 1.54) is 25.3 Å². The molecule has 1 aromatic heterocycles. The maximum atomic E-state index is 14.1. The Morgan fingerprint density at radius 2 is 2.03 bits per heavy atom. The molecule has 2 aromatic rings. The maximum Gasteiger partial charge on any atom is 0.261 e. The second-order valence-electron chi connectivity index (χ2n) is 7.39. The van der Waals surface area contributed by atoms with Gasteiger partial charge >= 0.3 is 0 Å². The minimum absolute atomic E-state index is 0.00291. The first-order chi connectivity index (χ1) is 13.5. The summed E-state index contributed by atoms with van der Waals surface area (Å²) in [5.74, 6) is -0.985. The van der Waals surface area contributed by atoms with Crippen LogP contribution in [0.4, 0.5) is 10.1 Å². The minimum Gasteiger partial charge on any atom is -0.348 e. The third kappa shape index (κ3) is 6.45. The fourth-order valence-corrected chi connectivity index (χ4v) is 3.17. The van der Waals surface area contributed by atoms with E-state index in [1.54, 1.807) is 12.1 Å². The Hall–Kier alpha value is -2.10. The molecule has 6 nitrogen and oxygen atoms in total. The van der Waals surface area contributed by atoms with Crippen LogP contribution in [-0.4, -0.2) is 26.7 Å². The monoisotopic (exact) mass is 483 g/mol. The lowest BCUT2D eigenvalue weighted by Crippen LogP contribution is -2.22. The molecule has 156 valence electrons. The van der Waals surface area contributed by atoms with Gasteiger partial charge in [0.25, 0.3) is 11.3 Å². The predicted octanol–water partition coefficient (Wildman–Crippen LogP) is 4.18. The third-order valence-corrected chi connectivity index (χ3v) is 5.41. The summed E-state index contributed by atoms with van der Waals surface area (Å²) >= 11 is 1.11. The van der Waals surface area contributed by atoms with Crippen LogP contribution in [0.5, 0.6) is 0 Å². The summed E-state index contributed by atoms with van der Waals surface area (Å²) in [6.07, 6.45) is 3.03. The van der Waals surface area contributed by atoms with Crippen molar-refractivity contribution < 1.29 is 17.9 Å². The third-order valence-electron chi connectivity index (χ3n) is 4.11. The van der Waals surface area contributed by atoms with E-state index in [4.69, 9.17) is 4.55 Å². The molecule has 2 rings (SSSR count). The number of nitrogens with zero attached hydrogens (tertiary/aromatic N) is 2. The van der Waals surface area contributed by atoms with Crippen LogP contribution in [0, 0.1) is 5.82 Å². The first-order valence-corrected chi connectivity index (χ1v) is 10.6. The van der Waals surface area contributed by atoms with E-state index in [0.717, 1.165) is 15.6 Å². The number of carbonyl (C=O) groups excluding carboxylic acids is 1. The molecule has 1 amide bonds. The first kappa shape index (κ1) is 23.2. The lowest BCUT2D eigenvalue weighted by atomic mass is 9.91. The van der Waals surface area contributed by atoms with Crippen LogP contribution in [-0.2, 0) is 28.0 Å². The van der Waals surface area contributed by atoms with E-state index in [1.807, 2.05) is 12.1 Å². The van der Waals surface area contributed by atoms with Gasteiger partial charge in [-0.05, 0) is 45.8 Å². The molecule has 1 atom stereocenters. The molecule has 0 fully saturated rings. The zero-order valence-electron chi connectivity index (χ0n) is 16.6. The minimum atomic E-state index is -2.31. The summed E-state index contributed by atoms with van der Waals surface area (Å²) in [5.41, 5.74) is 2.16. The van der Waals surface area contributed by atoms with Crippen LogP contribution in [0.25, 0.3) is 6.08 Å². The predicted molar refractivity (Wildman–Crippen MR) is 117 cm³/mol. The van der Waals surface area contributed by atoms with Gasteiger partial charge in [0.1, 0.15) is 10.4 Å². The molecule has 0 aliphatic carbocycles. The molecule has 0 bridgehead atoms. The van der Waals surface area contributed by atoms with Crippen LogP contribution >= 0.6 is 15.9 Å². The van der Waals surface area contributed by atoms with Gasteiger partial charge < -0.3 is 5.32 Å². The number of hydrogen-bond donors (Lipinski definition) is 2. The maximum absolute atomic E-state index is 14.1. The molecule has 0 radical (unpaired) electrons. The number of carbonyl (C=O) groups is 1. The summed E-state index contributed by atoms with van der Waals surface area (Å²) in [6.45, 7) is 6.33. The largest absolute Gasteiger partial charge is 0.348 e. The first-order valence-electron chi connectivity index (χ1n) is 8.75. The number of nitrogens with one attached hydrogen (secondary N) is 1. The van der Waals surface area contributed by atoms with Crippen LogP contribution in [0.2, 0.25) is 0 Å². The van der Waals surface area contributed by atoms with Crippen molar-refractivity contribution in [3.05, 3.63) is 63.6 Å². The number of rotatable bonds is 6. The van der Waals surface area contributed by atoms with Crippen LogP contribution in [0.15, 0.2) is 41.0 Å². The molecular formula is C20H23BrFN3O3S. The highest BCUT2D eigenvalue weighted by Crippen LogP contribution is 2.24. The van der Waals surface area contributed by atoms with Gasteiger partial charge in [0.05, 0.1) is 5.69 Å². The number of aromatic nitrogens is 1. The van der Waals surface area contributed by atoms with Crippen LogP contribution in [0.1, 0.15) is 37.6 Å². The van der Waals surface area contributed by atoms with E-state index in [2.05, 4.69) is 47.0 Å². The molecule has 29 heavy (non-hydrogen) atoms. The summed E-state index contributed by atoms with van der Waals surface area (Å²) < 4.78 is 35.7. The van der Waals surface area contributed by atoms with Crippen molar-refractivity contribution in [2.24, 2.45) is 0 Å². The van der Waals surface area contributed by atoms with Gasteiger partial charge in [-0.15, -0.1) is 0 Å². The second kappa shape index (κ2) is 9.60. The van der Waals surface area contributed by atoms with E-state index < -0.39 is 17.1 Å². The van der Waals surface area contributed by atoms with E-state index in [9.17, 15) is 13.4 Å². The standard InChI is InChI=1S/C20H23BrFN3O3S/c1-20(2,3)17-9-6-14(19(21)24-17)7-10-18(26)23-12-13-5-8-16(15(22)11-13)25(4)29(27)28/h5-11H,12H2,1-4H3,(H,23,26)(H,27,28). The molecular weight excluding hydrogens is 461 g/mol. The molecule has 0 aliphatic rings. The number of hydrogen-bond acceptors (Lipinski definition) is 3. The number of amides is 1. The smallest absolute Gasteiger partial charge is 0.261 e. The Morgan fingerprint density at radius 1 is 1.34 bits per heavy atom. The van der Waals surface area contributed by atoms with Crippen molar-refractivity contribution in [1.29, 1.82) is 0 Å². The molecule has 0 spiro atoms. The Bertz CT molecular complexity index is 960. The highest BCUT2D eigenvalue weighted by Gasteiger charge is 2.16. The Kier molecular flexibility index (Phi) is 7.67. The van der Waals surface area contributed by atoms with Gasteiger partial charge in [-0.3, -0.25) is 13.7 Å². The molecule has 1 unspecified atom stereocenters. The highest BCUT2D eigenvalue weighted by atomic mass is 79.9. The number of pyridine rings is 1. The number of halogens is 2. The quantitative estimate of drug-likeness (QED) is 0.366. The molecule has 9 heteroatoms. The molecule has 1 aromatic carbocycles. The summed E-state index contributed by atoms with van der Waals surface area (Å²) in [4.78, 5) is 16.6. The normalized spacial score (nSPS) is 12.8. The topological polar surface area (TPSA) is 82.5 Å². The van der Waals surface area contributed by atoms with Gasteiger partial charge in [0.2, 0.25) is 5.91 Å². The van der Waals surface area contributed by atoms with Crippen LogP contribution < -0.4 is 9.62 Å². The highest BCUT2D eigenvalue weighted by molar-refractivity contribution is 9.10. The molecule has 0 saturated carbocycles. The van der Waals surface area contributed by atoms with Gasteiger partial charge in [0, 0.05) is 36.3 Å². The van der Waals surface area contributed by atoms with E-state index >= 15 is 0 Å². The van der Waals surface area contributed by atoms with Crippen LogP contribution in [0.3, 0.4) is 0 Å². The number of anilines is 1. The van der Waals surface area contributed by atoms with Gasteiger partial charge in [-0.2, -0.15) is 0 Å². The fraction of sp³-hybridized carbons (Fsp3) is 0.300. The Labute approximate surface area is 180 Å². The van der Waals surface area contributed by atoms with Gasteiger partial charge in [-0.1, -0.05) is 32.9 Å². The molecule has 2 N–H and O–H groups in total. The zero-order valence-corrected chi connectivity index (χ0v) is 19.0. The van der Waals surface area contributed by atoms with Gasteiger partial charge in [0.15, 0.2) is 0 Å². The SMILES string of the molecule is CN(c1ccc(CNC(=O)C=Cc2ccc(C(C)(C)C)nc2Br)cc1F)S(=O)O. The van der Waals surface area contributed by atoms with Crippen molar-refractivity contribution in [2.75, 3.05) is 11.4 Å². The van der Waals surface area contributed by atoms with E-state index in [0.29, 0.717) is 10.2 Å².